The lowest BCUT2D eigenvalue weighted by Gasteiger charge is -2.33. The predicted octanol–water partition coefficient (Wildman–Crippen LogP) is -0.884. The van der Waals surface area contributed by atoms with Gasteiger partial charge in [-0.1, -0.05) is 0 Å². The van der Waals surface area contributed by atoms with Gasteiger partial charge in [0.15, 0.2) is 0 Å². The number of piperidine rings is 1. The summed E-state index contributed by atoms with van der Waals surface area (Å²) in [7, 11) is 0. The number of nitrogen functional groups attached to an aromatic ring is 1. The molecule has 4 N–H and O–H groups in total. The molecule has 8 heteroatoms. The van der Waals surface area contributed by atoms with E-state index < -0.39 is 11.2 Å². The van der Waals surface area contributed by atoms with Gasteiger partial charge in [-0.3, -0.25) is 14.3 Å². The third kappa shape index (κ3) is 3.27. The molecule has 8 nitrogen and oxygen atoms in total. The van der Waals surface area contributed by atoms with E-state index in [-0.39, 0.29) is 18.5 Å². The number of hydrogen-bond acceptors (Lipinski definition) is 6. The molecule has 1 aromatic rings. The predicted molar refractivity (Wildman–Crippen MR) is 79.7 cm³/mol. The van der Waals surface area contributed by atoms with E-state index in [4.69, 9.17) is 15.6 Å². The third-order valence-electron chi connectivity index (χ3n) is 3.73. The number of H-pyrrole nitrogens is 1. The molecular formula is C13H22N4O4. The first-order valence-corrected chi connectivity index (χ1v) is 7.18. The van der Waals surface area contributed by atoms with Crippen molar-refractivity contribution in [3.63, 3.8) is 0 Å². The van der Waals surface area contributed by atoms with Gasteiger partial charge in [0.2, 0.25) is 0 Å². The van der Waals surface area contributed by atoms with Gasteiger partial charge in [0.25, 0.3) is 5.56 Å². The summed E-state index contributed by atoms with van der Waals surface area (Å²) < 4.78 is 6.84. The molecule has 0 radical (unpaired) electrons. The van der Waals surface area contributed by atoms with Gasteiger partial charge in [-0.25, -0.2) is 4.79 Å². The highest BCUT2D eigenvalue weighted by Gasteiger charge is 2.24. The second-order valence-corrected chi connectivity index (χ2v) is 5.02. The highest BCUT2D eigenvalue weighted by Crippen LogP contribution is 2.22. The molecule has 1 aliphatic rings. The zero-order valence-corrected chi connectivity index (χ0v) is 12.2. The Labute approximate surface area is 122 Å². The van der Waals surface area contributed by atoms with Crippen molar-refractivity contribution in [1.29, 1.82) is 0 Å². The average molecular weight is 298 g/mol. The molecule has 1 fully saturated rings. The molecule has 2 rings (SSSR count). The highest BCUT2D eigenvalue weighted by atomic mass is 16.5. The van der Waals surface area contributed by atoms with Crippen LogP contribution in [0.1, 0.15) is 19.8 Å². The summed E-state index contributed by atoms with van der Waals surface area (Å²) in [5.41, 5.74) is 5.41. The maximum atomic E-state index is 12.0. The average Bonchev–Trinajstić information content (AvgIpc) is 2.46. The normalized spacial score (nSPS) is 16.4. The van der Waals surface area contributed by atoms with Gasteiger partial charge in [0.05, 0.1) is 19.3 Å². The number of nitrogens with zero attached hydrogens (tertiary/aromatic N) is 2. The molecule has 21 heavy (non-hydrogen) atoms. The fourth-order valence-corrected chi connectivity index (χ4v) is 2.66. The van der Waals surface area contributed by atoms with Crippen molar-refractivity contribution in [2.24, 2.45) is 0 Å². The molecule has 1 aliphatic heterocycles. The minimum atomic E-state index is -0.482. The van der Waals surface area contributed by atoms with Gasteiger partial charge in [-0.05, 0) is 19.8 Å². The van der Waals surface area contributed by atoms with Gasteiger partial charge < -0.3 is 20.5 Å². The number of nitrogens with two attached hydrogens (primary N) is 1. The van der Waals surface area contributed by atoms with Crippen molar-refractivity contribution in [3.8, 4) is 0 Å². The monoisotopic (exact) mass is 298 g/mol. The summed E-state index contributed by atoms with van der Waals surface area (Å²) in [5, 5.41) is 8.75. The smallest absolute Gasteiger partial charge is 0.330 e. The molecular weight excluding hydrogens is 276 g/mol. The first-order chi connectivity index (χ1) is 10.1. The highest BCUT2D eigenvalue weighted by molar-refractivity contribution is 5.62. The van der Waals surface area contributed by atoms with Crippen LogP contribution in [0, 0.1) is 0 Å². The fraction of sp³-hybridized carbons (Fsp3) is 0.692. The molecule has 0 amide bonds. The van der Waals surface area contributed by atoms with Crippen molar-refractivity contribution in [1.82, 2.24) is 9.55 Å². The Morgan fingerprint density at radius 2 is 2.05 bits per heavy atom. The zero-order chi connectivity index (χ0) is 15.4. The lowest BCUT2D eigenvalue weighted by molar-refractivity contribution is 0.0159. The number of aliphatic hydroxyl groups is 1. The standard InChI is InChI=1S/C13H22N4O4/c1-2-17-11(14)10(12(19)15-13(17)20)16-5-3-9(4-6-16)21-8-7-18/h9,18H,2-8,14H2,1H3,(H,15,19,20). The Morgan fingerprint density at radius 1 is 1.38 bits per heavy atom. The number of aliphatic hydroxyl groups excluding tert-OH is 1. The quantitative estimate of drug-likeness (QED) is 0.650. The van der Waals surface area contributed by atoms with Crippen molar-refractivity contribution in [2.75, 3.05) is 36.9 Å². The first-order valence-electron chi connectivity index (χ1n) is 7.18. The van der Waals surface area contributed by atoms with Gasteiger partial charge in [0, 0.05) is 19.6 Å². The van der Waals surface area contributed by atoms with E-state index in [0.717, 1.165) is 12.8 Å². The number of aromatic amines is 1. The molecule has 1 saturated heterocycles. The van der Waals surface area contributed by atoms with Crippen LogP contribution in [0.2, 0.25) is 0 Å². The molecule has 2 heterocycles. The van der Waals surface area contributed by atoms with Gasteiger partial charge in [-0.2, -0.15) is 0 Å². The maximum absolute atomic E-state index is 12.0. The van der Waals surface area contributed by atoms with Crippen molar-refractivity contribution in [2.45, 2.75) is 32.4 Å². The van der Waals surface area contributed by atoms with Crippen LogP contribution in [0.15, 0.2) is 9.59 Å². The van der Waals surface area contributed by atoms with E-state index in [1.54, 1.807) is 6.92 Å². The summed E-state index contributed by atoms with van der Waals surface area (Å²) >= 11 is 0. The molecule has 1 aromatic heterocycles. The number of nitrogens with one attached hydrogen (secondary N) is 1. The zero-order valence-electron chi connectivity index (χ0n) is 12.2. The van der Waals surface area contributed by atoms with Crippen molar-refractivity contribution < 1.29 is 9.84 Å². The van der Waals surface area contributed by atoms with Crippen LogP contribution in [0.4, 0.5) is 11.5 Å². The van der Waals surface area contributed by atoms with Crippen LogP contribution in [0.3, 0.4) is 0 Å². The second-order valence-electron chi connectivity index (χ2n) is 5.02. The Hall–Kier alpha value is -1.80. The molecule has 118 valence electrons. The van der Waals surface area contributed by atoms with E-state index in [1.807, 2.05) is 4.90 Å². The molecule has 0 saturated carbocycles. The largest absolute Gasteiger partial charge is 0.394 e. The Bertz CT molecular complexity index is 587. The number of anilines is 2. The van der Waals surface area contributed by atoms with Gasteiger partial charge in [0.1, 0.15) is 11.5 Å². The Kier molecular flexibility index (Phi) is 5.03. The van der Waals surface area contributed by atoms with E-state index in [2.05, 4.69) is 4.98 Å². The lowest BCUT2D eigenvalue weighted by Crippen LogP contribution is -2.43. The van der Waals surface area contributed by atoms with Gasteiger partial charge in [-0.15, -0.1) is 0 Å². The number of aromatic nitrogens is 2. The molecule has 0 unspecified atom stereocenters. The molecule has 0 aliphatic carbocycles. The number of hydrogen-bond donors (Lipinski definition) is 3. The lowest BCUT2D eigenvalue weighted by atomic mass is 10.1. The van der Waals surface area contributed by atoms with Crippen LogP contribution in [0.25, 0.3) is 0 Å². The Balaban J connectivity index is 2.17. The third-order valence-corrected chi connectivity index (χ3v) is 3.73. The summed E-state index contributed by atoms with van der Waals surface area (Å²) in [6, 6.07) is 0. The molecule has 0 aromatic carbocycles. The number of rotatable bonds is 5. The Morgan fingerprint density at radius 3 is 2.62 bits per heavy atom. The number of ether oxygens (including phenoxy) is 1. The maximum Gasteiger partial charge on any atom is 0.330 e. The summed E-state index contributed by atoms with van der Waals surface area (Å²) in [6.07, 6.45) is 1.60. The van der Waals surface area contributed by atoms with E-state index in [0.29, 0.717) is 31.9 Å². The topological polar surface area (TPSA) is 114 Å². The van der Waals surface area contributed by atoms with Crippen molar-refractivity contribution >= 4 is 11.5 Å². The fourth-order valence-electron chi connectivity index (χ4n) is 2.66. The van der Waals surface area contributed by atoms with Crippen LogP contribution in [-0.2, 0) is 11.3 Å². The van der Waals surface area contributed by atoms with E-state index >= 15 is 0 Å². The summed E-state index contributed by atoms with van der Waals surface area (Å²) in [4.78, 5) is 27.9. The first kappa shape index (κ1) is 15.6. The van der Waals surface area contributed by atoms with Crippen LogP contribution in [-0.4, -0.2) is 47.1 Å². The SMILES string of the molecule is CCn1c(N)c(N2CCC(OCCO)CC2)c(=O)[nH]c1=O. The van der Waals surface area contributed by atoms with Crippen LogP contribution < -0.4 is 21.9 Å². The van der Waals surface area contributed by atoms with Gasteiger partial charge >= 0.3 is 5.69 Å². The molecule has 0 spiro atoms. The minimum absolute atomic E-state index is 0.00823. The van der Waals surface area contributed by atoms with Crippen molar-refractivity contribution in [3.05, 3.63) is 20.8 Å². The van der Waals surface area contributed by atoms with E-state index in [1.165, 1.54) is 4.57 Å². The van der Waals surface area contributed by atoms with Crippen LogP contribution >= 0.6 is 0 Å². The minimum Gasteiger partial charge on any atom is -0.394 e. The summed E-state index contributed by atoms with van der Waals surface area (Å²) in [6.45, 7) is 3.80. The second kappa shape index (κ2) is 6.77. The van der Waals surface area contributed by atoms with Crippen LogP contribution in [0.5, 0.6) is 0 Å². The molecule has 0 bridgehead atoms. The molecule has 0 atom stereocenters. The van der Waals surface area contributed by atoms with E-state index in [9.17, 15) is 9.59 Å². The summed E-state index contributed by atoms with van der Waals surface area (Å²) in [5.74, 6) is 0.209.